The first-order valence-electron chi connectivity index (χ1n) is 9.99. The van der Waals surface area contributed by atoms with Crippen LogP contribution in [0.1, 0.15) is 12.5 Å². The number of guanidine groups is 1. The van der Waals surface area contributed by atoms with Crippen LogP contribution in [0.4, 0.5) is 5.69 Å². The number of nitrogens with zero attached hydrogens (tertiary/aromatic N) is 3. The Kier molecular flexibility index (Phi) is 9.86. The van der Waals surface area contributed by atoms with Crippen molar-refractivity contribution in [3.8, 4) is 0 Å². The van der Waals surface area contributed by atoms with Crippen molar-refractivity contribution >= 4 is 57.2 Å². The maximum Gasteiger partial charge on any atom is 0.240 e. The Labute approximate surface area is 206 Å². The zero-order valence-corrected chi connectivity index (χ0v) is 21.6. The van der Waals surface area contributed by atoms with Gasteiger partial charge in [-0.25, -0.2) is 18.1 Å². The molecule has 1 fully saturated rings. The molecule has 0 spiro atoms. The van der Waals surface area contributed by atoms with Crippen molar-refractivity contribution in [2.45, 2.75) is 18.4 Å². The Morgan fingerprint density at radius 2 is 1.81 bits per heavy atom. The first-order chi connectivity index (χ1) is 14.4. The number of benzene rings is 2. The number of sulfonamides is 1. The van der Waals surface area contributed by atoms with Gasteiger partial charge in [0.05, 0.1) is 11.4 Å². The van der Waals surface area contributed by atoms with Gasteiger partial charge < -0.3 is 15.1 Å². The van der Waals surface area contributed by atoms with Gasteiger partial charge in [-0.05, 0) is 49.9 Å². The highest BCUT2D eigenvalue weighted by Crippen LogP contribution is 2.21. The van der Waals surface area contributed by atoms with Gasteiger partial charge in [0.25, 0.3) is 0 Å². The predicted molar refractivity (Wildman–Crippen MR) is 138 cm³/mol. The molecule has 3 rings (SSSR count). The van der Waals surface area contributed by atoms with Crippen LogP contribution in [-0.4, -0.2) is 59.0 Å². The molecule has 1 saturated heterocycles. The molecule has 2 aromatic rings. The van der Waals surface area contributed by atoms with Crippen molar-refractivity contribution in [1.82, 2.24) is 14.9 Å². The fourth-order valence-electron chi connectivity index (χ4n) is 3.37. The lowest BCUT2D eigenvalue weighted by atomic mass is 10.2. The lowest BCUT2D eigenvalue weighted by Gasteiger charge is -2.37. The van der Waals surface area contributed by atoms with E-state index in [1.807, 2.05) is 31.2 Å². The molecule has 0 saturated carbocycles. The Morgan fingerprint density at radius 3 is 2.45 bits per heavy atom. The van der Waals surface area contributed by atoms with Gasteiger partial charge in [0.2, 0.25) is 10.0 Å². The topological polar surface area (TPSA) is 77.0 Å². The fourth-order valence-corrected chi connectivity index (χ4v) is 4.35. The summed E-state index contributed by atoms with van der Waals surface area (Å²) >= 11 is 6.12. The lowest BCUT2D eigenvalue weighted by Crippen LogP contribution is -2.52. The molecular weight excluding hydrogens is 549 g/mol. The predicted octanol–water partition coefficient (Wildman–Crippen LogP) is 3.15. The molecule has 10 heteroatoms. The van der Waals surface area contributed by atoms with E-state index in [1.54, 1.807) is 18.2 Å². The number of hydrogen-bond donors (Lipinski definition) is 2. The van der Waals surface area contributed by atoms with Gasteiger partial charge in [0.15, 0.2) is 5.96 Å². The second kappa shape index (κ2) is 11.9. The first-order valence-corrected chi connectivity index (χ1v) is 11.9. The number of halogens is 2. The molecule has 1 aliphatic rings. The highest BCUT2D eigenvalue weighted by Gasteiger charge is 2.20. The molecule has 0 aromatic heterocycles. The van der Waals surface area contributed by atoms with E-state index in [-0.39, 0.29) is 28.9 Å². The maximum atomic E-state index is 12.0. The van der Waals surface area contributed by atoms with E-state index in [2.05, 4.69) is 25.9 Å². The summed E-state index contributed by atoms with van der Waals surface area (Å²) in [4.78, 5) is 9.55. The van der Waals surface area contributed by atoms with Crippen LogP contribution in [0.3, 0.4) is 0 Å². The highest BCUT2D eigenvalue weighted by atomic mass is 127. The highest BCUT2D eigenvalue weighted by molar-refractivity contribution is 14.0. The van der Waals surface area contributed by atoms with Crippen molar-refractivity contribution in [3.63, 3.8) is 0 Å². The standard InChI is InChI=1S/C21H28ClN5O2S.HI/c1-3-24-21(25-16-17-6-4-9-20(14-17)30(28,29)23-2)27-12-10-26(11-13-27)19-8-5-7-18(22)15-19;/h4-9,14-15,23H,3,10-13,16H2,1-2H3,(H,24,25);1H. The third kappa shape index (κ3) is 6.96. The van der Waals surface area contributed by atoms with E-state index < -0.39 is 10.0 Å². The van der Waals surface area contributed by atoms with Gasteiger partial charge in [-0.15, -0.1) is 24.0 Å². The normalized spacial score (nSPS) is 14.9. The zero-order valence-electron chi connectivity index (χ0n) is 17.7. The van der Waals surface area contributed by atoms with E-state index in [9.17, 15) is 8.42 Å². The van der Waals surface area contributed by atoms with Crippen molar-refractivity contribution < 1.29 is 8.42 Å². The minimum Gasteiger partial charge on any atom is -0.368 e. The minimum atomic E-state index is -3.46. The summed E-state index contributed by atoms with van der Waals surface area (Å²) in [5.74, 6) is 0.838. The quantitative estimate of drug-likeness (QED) is 0.313. The largest absolute Gasteiger partial charge is 0.368 e. The van der Waals surface area contributed by atoms with Crippen LogP contribution in [0, 0.1) is 0 Å². The van der Waals surface area contributed by atoms with Crippen LogP contribution in [0.25, 0.3) is 0 Å². The Bertz CT molecular complexity index is 995. The fraction of sp³-hybridized carbons (Fsp3) is 0.381. The van der Waals surface area contributed by atoms with E-state index in [1.165, 1.54) is 7.05 Å². The lowest BCUT2D eigenvalue weighted by molar-refractivity contribution is 0.372. The second-order valence-electron chi connectivity index (χ2n) is 6.98. The Hall–Kier alpha value is -1.56. The number of anilines is 1. The zero-order chi connectivity index (χ0) is 21.6. The SMILES string of the molecule is CCNC(=NCc1cccc(S(=O)(=O)NC)c1)N1CCN(c2cccc(Cl)c2)CC1.I. The third-order valence-electron chi connectivity index (χ3n) is 4.98. The number of piperazine rings is 1. The number of aliphatic imine (C=N–C) groups is 1. The molecule has 2 aromatic carbocycles. The number of rotatable bonds is 6. The first kappa shape index (κ1) is 25.7. The molecule has 2 N–H and O–H groups in total. The van der Waals surface area contributed by atoms with Crippen LogP contribution in [-0.2, 0) is 16.6 Å². The second-order valence-corrected chi connectivity index (χ2v) is 9.30. The van der Waals surface area contributed by atoms with Gasteiger partial charge in [0.1, 0.15) is 0 Å². The monoisotopic (exact) mass is 577 g/mol. The summed E-state index contributed by atoms with van der Waals surface area (Å²) in [6, 6.07) is 14.8. The summed E-state index contributed by atoms with van der Waals surface area (Å²) in [6.45, 7) is 6.64. The van der Waals surface area contributed by atoms with Crippen LogP contribution in [0.15, 0.2) is 58.4 Å². The van der Waals surface area contributed by atoms with E-state index in [0.717, 1.165) is 55.0 Å². The average Bonchev–Trinajstić information content (AvgIpc) is 2.77. The summed E-state index contributed by atoms with van der Waals surface area (Å²) in [5, 5.41) is 4.09. The molecule has 0 atom stereocenters. The average molecular weight is 578 g/mol. The van der Waals surface area contributed by atoms with Crippen LogP contribution in [0.2, 0.25) is 5.02 Å². The molecule has 31 heavy (non-hydrogen) atoms. The molecule has 0 radical (unpaired) electrons. The van der Waals surface area contributed by atoms with Gasteiger partial charge >= 0.3 is 0 Å². The molecule has 0 amide bonds. The van der Waals surface area contributed by atoms with Gasteiger partial charge in [0, 0.05) is 43.4 Å². The Morgan fingerprint density at radius 1 is 1.10 bits per heavy atom. The van der Waals surface area contributed by atoms with Crippen LogP contribution >= 0.6 is 35.6 Å². The molecular formula is C21H29ClIN5O2S. The maximum absolute atomic E-state index is 12.0. The van der Waals surface area contributed by atoms with Crippen molar-refractivity contribution in [1.29, 1.82) is 0 Å². The number of hydrogen-bond acceptors (Lipinski definition) is 4. The number of nitrogens with one attached hydrogen (secondary N) is 2. The molecule has 0 unspecified atom stereocenters. The summed E-state index contributed by atoms with van der Waals surface area (Å²) in [7, 11) is -2.06. The molecule has 7 nitrogen and oxygen atoms in total. The third-order valence-corrected chi connectivity index (χ3v) is 6.62. The van der Waals surface area contributed by atoms with Crippen molar-refractivity contribution in [2.24, 2.45) is 4.99 Å². The molecule has 0 bridgehead atoms. The van der Waals surface area contributed by atoms with E-state index in [0.29, 0.717) is 6.54 Å². The van der Waals surface area contributed by atoms with Crippen LogP contribution in [0.5, 0.6) is 0 Å². The molecule has 1 aliphatic heterocycles. The minimum absolute atomic E-state index is 0. The van der Waals surface area contributed by atoms with Crippen molar-refractivity contribution in [2.75, 3.05) is 44.7 Å². The molecule has 1 heterocycles. The van der Waals surface area contributed by atoms with E-state index in [4.69, 9.17) is 16.6 Å². The van der Waals surface area contributed by atoms with E-state index >= 15 is 0 Å². The Balaban J connectivity index is 0.00000341. The molecule has 170 valence electrons. The van der Waals surface area contributed by atoms with Crippen molar-refractivity contribution in [3.05, 3.63) is 59.1 Å². The smallest absolute Gasteiger partial charge is 0.240 e. The molecule has 0 aliphatic carbocycles. The van der Waals surface area contributed by atoms with Gasteiger partial charge in [-0.3, -0.25) is 0 Å². The van der Waals surface area contributed by atoms with Crippen LogP contribution < -0.4 is 14.9 Å². The summed E-state index contributed by atoms with van der Waals surface area (Å²) in [6.07, 6.45) is 0. The summed E-state index contributed by atoms with van der Waals surface area (Å²) in [5.41, 5.74) is 1.98. The summed E-state index contributed by atoms with van der Waals surface area (Å²) < 4.78 is 26.4. The van der Waals surface area contributed by atoms with Gasteiger partial charge in [-0.1, -0.05) is 29.8 Å². The van der Waals surface area contributed by atoms with Gasteiger partial charge in [-0.2, -0.15) is 0 Å².